The molecule has 0 aromatic carbocycles. The van der Waals surface area contributed by atoms with Crippen molar-refractivity contribution in [2.75, 3.05) is 13.2 Å². The number of nitriles is 1. The van der Waals surface area contributed by atoms with Gasteiger partial charge in [-0.05, 0) is 12.8 Å². The van der Waals surface area contributed by atoms with E-state index in [0.717, 1.165) is 12.8 Å². The standard InChI is InChI=1S/C9H16N2O/c1-3-9(4-2)7-12-8(5-10)6-11-9/h8,11H,3-4,6-7H2,1-2H3. The molecule has 1 unspecified atom stereocenters. The monoisotopic (exact) mass is 168 g/mol. The summed E-state index contributed by atoms with van der Waals surface area (Å²) in [5, 5.41) is 12.0. The largest absolute Gasteiger partial charge is 0.360 e. The minimum Gasteiger partial charge on any atom is -0.360 e. The predicted octanol–water partition coefficient (Wildman–Crippen LogP) is 1.06. The van der Waals surface area contributed by atoms with Gasteiger partial charge in [-0.3, -0.25) is 0 Å². The van der Waals surface area contributed by atoms with Gasteiger partial charge in [-0.25, -0.2) is 0 Å². The van der Waals surface area contributed by atoms with Crippen LogP contribution in [0, 0.1) is 11.3 Å². The molecule has 0 amide bonds. The van der Waals surface area contributed by atoms with Crippen LogP contribution in [0.2, 0.25) is 0 Å². The van der Waals surface area contributed by atoms with Crippen LogP contribution in [0.5, 0.6) is 0 Å². The fourth-order valence-corrected chi connectivity index (χ4v) is 1.47. The van der Waals surface area contributed by atoms with E-state index in [4.69, 9.17) is 10.00 Å². The Morgan fingerprint density at radius 1 is 1.58 bits per heavy atom. The highest BCUT2D eigenvalue weighted by molar-refractivity contribution is 4.96. The predicted molar refractivity (Wildman–Crippen MR) is 46.7 cm³/mol. The lowest BCUT2D eigenvalue weighted by Crippen LogP contribution is -2.56. The zero-order valence-corrected chi connectivity index (χ0v) is 7.76. The van der Waals surface area contributed by atoms with Crippen molar-refractivity contribution in [3.05, 3.63) is 0 Å². The molecule has 0 radical (unpaired) electrons. The Balaban J connectivity index is 2.49. The van der Waals surface area contributed by atoms with Gasteiger partial charge < -0.3 is 10.1 Å². The molecule has 1 saturated heterocycles. The first kappa shape index (κ1) is 9.50. The third-order valence-electron chi connectivity index (χ3n) is 2.72. The molecule has 1 aliphatic heterocycles. The maximum Gasteiger partial charge on any atom is 0.156 e. The van der Waals surface area contributed by atoms with Gasteiger partial charge in [0, 0.05) is 12.1 Å². The van der Waals surface area contributed by atoms with Gasteiger partial charge in [0.05, 0.1) is 12.7 Å². The number of morpholine rings is 1. The van der Waals surface area contributed by atoms with Gasteiger partial charge in [0.15, 0.2) is 6.10 Å². The van der Waals surface area contributed by atoms with Crippen LogP contribution in [0.25, 0.3) is 0 Å². The molecule has 1 atom stereocenters. The Hall–Kier alpha value is -0.590. The zero-order chi connectivity index (χ0) is 9.03. The Bertz CT molecular complexity index is 171. The van der Waals surface area contributed by atoms with Gasteiger partial charge >= 0.3 is 0 Å². The van der Waals surface area contributed by atoms with Crippen LogP contribution in [0.4, 0.5) is 0 Å². The highest BCUT2D eigenvalue weighted by atomic mass is 16.5. The number of rotatable bonds is 2. The van der Waals surface area contributed by atoms with E-state index in [1.165, 1.54) is 0 Å². The number of ether oxygens (including phenoxy) is 1. The molecule has 1 fully saturated rings. The molecule has 3 heteroatoms. The highest BCUT2D eigenvalue weighted by Crippen LogP contribution is 2.19. The maximum absolute atomic E-state index is 8.59. The van der Waals surface area contributed by atoms with Crippen LogP contribution in [0.15, 0.2) is 0 Å². The molecule has 1 rings (SSSR count). The molecule has 0 bridgehead atoms. The molecule has 0 spiro atoms. The number of hydrogen-bond acceptors (Lipinski definition) is 3. The fraction of sp³-hybridized carbons (Fsp3) is 0.889. The second kappa shape index (κ2) is 3.88. The van der Waals surface area contributed by atoms with Crippen LogP contribution in [-0.2, 0) is 4.74 Å². The van der Waals surface area contributed by atoms with Crippen LogP contribution in [0.3, 0.4) is 0 Å². The van der Waals surface area contributed by atoms with E-state index in [9.17, 15) is 0 Å². The SMILES string of the molecule is CCC1(CC)COC(C#N)CN1. The Labute approximate surface area is 73.7 Å². The van der Waals surface area contributed by atoms with Crippen LogP contribution in [0.1, 0.15) is 26.7 Å². The number of hydrogen-bond donors (Lipinski definition) is 1. The molecule has 3 nitrogen and oxygen atoms in total. The lowest BCUT2D eigenvalue weighted by Gasteiger charge is -2.38. The van der Waals surface area contributed by atoms with Gasteiger partial charge in [0.2, 0.25) is 0 Å². The lowest BCUT2D eigenvalue weighted by molar-refractivity contribution is -0.00978. The second-order valence-electron chi connectivity index (χ2n) is 3.30. The molecular weight excluding hydrogens is 152 g/mol. The number of nitrogens with one attached hydrogen (secondary N) is 1. The van der Waals surface area contributed by atoms with Crippen LogP contribution >= 0.6 is 0 Å². The van der Waals surface area contributed by atoms with Crippen molar-refractivity contribution < 1.29 is 4.74 Å². The van der Waals surface area contributed by atoms with Gasteiger partial charge in [-0.15, -0.1) is 0 Å². The van der Waals surface area contributed by atoms with E-state index < -0.39 is 0 Å². The van der Waals surface area contributed by atoms with E-state index in [2.05, 4.69) is 25.2 Å². The van der Waals surface area contributed by atoms with E-state index in [1.807, 2.05) is 0 Å². The average Bonchev–Trinajstić information content (AvgIpc) is 2.18. The summed E-state index contributed by atoms with van der Waals surface area (Å²) in [6, 6.07) is 2.11. The van der Waals surface area contributed by atoms with Crippen LogP contribution in [-0.4, -0.2) is 24.8 Å². The first-order chi connectivity index (χ1) is 5.76. The Morgan fingerprint density at radius 3 is 2.58 bits per heavy atom. The molecule has 1 heterocycles. The summed E-state index contributed by atoms with van der Waals surface area (Å²) in [6.07, 6.45) is 1.86. The number of nitrogens with zero attached hydrogens (tertiary/aromatic N) is 1. The van der Waals surface area contributed by atoms with E-state index in [1.54, 1.807) is 0 Å². The molecule has 0 aromatic rings. The minimum atomic E-state index is -0.253. The topological polar surface area (TPSA) is 45.0 Å². The summed E-state index contributed by atoms with van der Waals surface area (Å²) in [5.74, 6) is 0. The summed E-state index contributed by atoms with van der Waals surface area (Å²) >= 11 is 0. The van der Waals surface area contributed by atoms with Crippen molar-refractivity contribution in [2.45, 2.75) is 38.3 Å². The van der Waals surface area contributed by atoms with Crippen molar-refractivity contribution in [1.82, 2.24) is 5.32 Å². The van der Waals surface area contributed by atoms with Gasteiger partial charge in [-0.2, -0.15) is 5.26 Å². The first-order valence-electron chi connectivity index (χ1n) is 4.52. The normalized spacial score (nSPS) is 27.9. The lowest BCUT2D eigenvalue weighted by atomic mass is 9.92. The smallest absolute Gasteiger partial charge is 0.156 e. The molecule has 0 aliphatic carbocycles. The summed E-state index contributed by atoms with van der Waals surface area (Å²) in [4.78, 5) is 0. The van der Waals surface area contributed by atoms with Crippen molar-refractivity contribution in [3.8, 4) is 6.07 Å². The summed E-state index contributed by atoms with van der Waals surface area (Å²) < 4.78 is 5.40. The zero-order valence-electron chi connectivity index (χ0n) is 7.76. The summed E-state index contributed by atoms with van der Waals surface area (Å²) in [5.41, 5.74) is 0.118. The third kappa shape index (κ3) is 1.77. The van der Waals surface area contributed by atoms with Gasteiger partial charge in [-0.1, -0.05) is 13.8 Å². The van der Waals surface area contributed by atoms with Crippen molar-refractivity contribution >= 4 is 0 Å². The summed E-state index contributed by atoms with van der Waals surface area (Å²) in [7, 11) is 0. The maximum atomic E-state index is 8.59. The van der Waals surface area contributed by atoms with E-state index in [0.29, 0.717) is 13.2 Å². The molecule has 1 N–H and O–H groups in total. The average molecular weight is 168 g/mol. The Kier molecular flexibility index (Phi) is 3.07. The fourth-order valence-electron chi connectivity index (χ4n) is 1.47. The molecule has 68 valence electrons. The van der Waals surface area contributed by atoms with Crippen molar-refractivity contribution in [3.63, 3.8) is 0 Å². The molecule has 1 aliphatic rings. The highest BCUT2D eigenvalue weighted by Gasteiger charge is 2.32. The second-order valence-corrected chi connectivity index (χ2v) is 3.30. The summed E-state index contributed by atoms with van der Waals surface area (Å²) in [6.45, 7) is 5.62. The van der Waals surface area contributed by atoms with E-state index >= 15 is 0 Å². The first-order valence-corrected chi connectivity index (χ1v) is 4.52. The van der Waals surface area contributed by atoms with Crippen molar-refractivity contribution in [1.29, 1.82) is 5.26 Å². The molecular formula is C9H16N2O. The van der Waals surface area contributed by atoms with E-state index in [-0.39, 0.29) is 11.6 Å². The quantitative estimate of drug-likeness (QED) is 0.670. The van der Waals surface area contributed by atoms with Gasteiger partial charge in [0.25, 0.3) is 0 Å². The molecule has 12 heavy (non-hydrogen) atoms. The minimum absolute atomic E-state index is 0.118. The Morgan fingerprint density at radius 2 is 2.25 bits per heavy atom. The molecule has 0 aromatic heterocycles. The third-order valence-corrected chi connectivity index (χ3v) is 2.72. The molecule has 0 saturated carbocycles. The van der Waals surface area contributed by atoms with Gasteiger partial charge in [0.1, 0.15) is 0 Å². The van der Waals surface area contributed by atoms with Crippen LogP contribution < -0.4 is 5.32 Å². The van der Waals surface area contributed by atoms with Crippen molar-refractivity contribution in [2.24, 2.45) is 0 Å².